The standard InChI is InChI=1S/C31H34N4O3/c1-22-8-10-26(23(2)16-22)27-18-28(25-9-11-29-30(17-25)38-21-37-29)35(32-27)31(36)20-34-14-12-33(13-15-34)19-24-6-4-3-5-7-24/h3-11,16-17,28H,12-15,18-21H2,1-2H3/t28-/m0/s1. The number of amides is 1. The fraction of sp³-hybridized carbons (Fsp3) is 0.355. The van der Waals surface area contributed by atoms with Crippen LogP contribution in [0.2, 0.25) is 0 Å². The Morgan fingerprint density at radius 1 is 0.895 bits per heavy atom. The summed E-state index contributed by atoms with van der Waals surface area (Å²) in [5, 5.41) is 6.64. The van der Waals surface area contributed by atoms with Gasteiger partial charge in [-0.25, -0.2) is 5.01 Å². The largest absolute Gasteiger partial charge is 0.454 e. The number of ether oxygens (including phenoxy) is 2. The highest BCUT2D eigenvalue weighted by Crippen LogP contribution is 2.39. The van der Waals surface area contributed by atoms with Gasteiger partial charge in [-0.15, -0.1) is 0 Å². The number of aryl methyl sites for hydroxylation is 2. The van der Waals surface area contributed by atoms with Crippen molar-refractivity contribution in [3.8, 4) is 11.5 Å². The van der Waals surface area contributed by atoms with E-state index in [2.05, 4.69) is 72.2 Å². The van der Waals surface area contributed by atoms with Gasteiger partial charge in [0.25, 0.3) is 5.91 Å². The molecule has 7 heteroatoms. The van der Waals surface area contributed by atoms with E-state index < -0.39 is 0 Å². The topological polar surface area (TPSA) is 57.6 Å². The Hall–Kier alpha value is -3.68. The Kier molecular flexibility index (Phi) is 6.87. The van der Waals surface area contributed by atoms with E-state index in [1.165, 1.54) is 16.7 Å². The molecule has 0 bridgehead atoms. The Bertz CT molecular complexity index is 1350. The third-order valence-electron chi connectivity index (χ3n) is 7.71. The summed E-state index contributed by atoms with van der Waals surface area (Å²) in [5.41, 5.74) is 6.79. The van der Waals surface area contributed by atoms with Crippen LogP contribution in [0.25, 0.3) is 0 Å². The van der Waals surface area contributed by atoms with E-state index in [-0.39, 0.29) is 18.7 Å². The molecule has 0 N–H and O–H groups in total. The number of fused-ring (bicyclic) bond motifs is 1. The number of benzene rings is 3. The Balaban J connectivity index is 1.18. The first-order valence-corrected chi connectivity index (χ1v) is 13.4. The van der Waals surface area contributed by atoms with E-state index in [0.717, 1.165) is 61.1 Å². The van der Waals surface area contributed by atoms with Gasteiger partial charge in [0.1, 0.15) is 0 Å². The second kappa shape index (κ2) is 10.6. The fourth-order valence-corrected chi connectivity index (χ4v) is 5.63. The summed E-state index contributed by atoms with van der Waals surface area (Å²) in [5.74, 6) is 1.50. The summed E-state index contributed by atoms with van der Waals surface area (Å²) >= 11 is 0. The number of rotatable bonds is 6. The zero-order chi connectivity index (χ0) is 26.1. The number of hydrogen-bond donors (Lipinski definition) is 0. The molecule has 0 unspecified atom stereocenters. The van der Waals surface area contributed by atoms with E-state index in [0.29, 0.717) is 13.0 Å². The van der Waals surface area contributed by atoms with E-state index >= 15 is 0 Å². The van der Waals surface area contributed by atoms with Crippen molar-refractivity contribution in [1.29, 1.82) is 0 Å². The molecule has 0 spiro atoms. The molecule has 38 heavy (non-hydrogen) atoms. The molecule has 1 amide bonds. The number of carbonyl (C=O) groups excluding carboxylic acids is 1. The summed E-state index contributed by atoms with van der Waals surface area (Å²) < 4.78 is 11.1. The van der Waals surface area contributed by atoms with E-state index in [1.54, 1.807) is 5.01 Å². The van der Waals surface area contributed by atoms with Gasteiger partial charge in [0.2, 0.25) is 6.79 Å². The van der Waals surface area contributed by atoms with Gasteiger partial charge in [0.15, 0.2) is 11.5 Å². The molecule has 3 heterocycles. The first-order chi connectivity index (χ1) is 18.5. The van der Waals surface area contributed by atoms with E-state index in [9.17, 15) is 4.79 Å². The smallest absolute Gasteiger partial charge is 0.257 e. The van der Waals surface area contributed by atoms with Gasteiger partial charge in [-0.1, -0.05) is 60.2 Å². The maximum atomic E-state index is 13.7. The van der Waals surface area contributed by atoms with Gasteiger partial charge in [-0.2, -0.15) is 5.10 Å². The van der Waals surface area contributed by atoms with Crippen LogP contribution < -0.4 is 9.47 Å². The molecule has 3 aliphatic rings. The monoisotopic (exact) mass is 510 g/mol. The molecule has 0 aromatic heterocycles. The van der Waals surface area contributed by atoms with Crippen LogP contribution in [0.1, 0.15) is 40.3 Å². The van der Waals surface area contributed by atoms with Crippen molar-refractivity contribution >= 4 is 11.6 Å². The Morgan fingerprint density at radius 2 is 1.66 bits per heavy atom. The van der Waals surface area contributed by atoms with Gasteiger partial charge in [0.05, 0.1) is 18.3 Å². The quantitative estimate of drug-likeness (QED) is 0.488. The SMILES string of the molecule is Cc1ccc(C2=NN(C(=O)CN3CCN(Cc4ccccc4)CC3)[C@H](c3ccc4c(c3)OCO4)C2)c(C)c1. The van der Waals surface area contributed by atoms with E-state index in [1.807, 2.05) is 18.2 Å². The van der Waals surface area contributed by atoms with Crippen molar-refractivity contribution < 1.29 is 14.3 Å². The van der Waals surface area contributed by atoms with Crippen molar-refractivity contribution in [2.45, 2.75) is 32.9 Å². The minimum atomic E-state index is -0.174. The molecule has 3 aromatic rings. The van der Waals surface area contributed by atoms with Crippen LogP contribution >= 0.6 is 0 Å². The molecule has 7 nitrogen and oxygen atoms in total. The average molecular weight is 511 g/mol. The molecule has 1 fully saturated rings. The molecule has 0 radical (unpaired) electrons. The molecular weight excluding hydrogens is 476 g/mol. The van der Waals surface area contributed by atoms with Gasteiger partial charge in [-0.05, 0) is 42.7 Å². The molecule has 0 aliphatic carbocycles. The summed E-state index contributed by atoms with van der Waals surface area (Å²) in [4.78, 5) is 18.4. The van der Waals surface area contributed by atoms with Gasteiger partial charge in [-0.3, -0.25) is 14.6 Å². The predicted molar refractivity (Wildman–Crippen MR) is 147 cm³/mol. The third-order valence-corrected chi connectivity index (χ3v) is 7.71. The second-order valence-electron chi connectivity index (χ2n) is 10.5. The fourth-order valence-electron chi connectivity index (χ4n) is 5.63. The van der Waals surface area contributed by atoms with E-state index in [4.69, 9.17) is 14.6 Å². The maximum absolute atomic E-state index is 13.7. The number of piperazine rings is 1. The lowest BCUT2D eigenvalue weighted by Gasteiger charge is -2.35. The molecule has 3 aliphatic heterocycles. The summed E-state index contributed by atoms with van der Waals surface area (Å²) in [6.07, 6.45) is 0.667. The molecule has 196 valence electrons. The first kappa shape index (κ1) is 24.6. The summed E-state index contributed by atoms with van der Waals surface area (Å²) in [7, 11) is 0. The average Bonchev–Trinajstić information content (AvgIpc) is 3.57. The highest BCUT2D eigenvalue weighted by atomic mass is 16.7. The lowest BCUT2D eigenvalue weighted by atomic mass is 9.95. The second-order valence-corrected chi connectivity index (χ2v) is 10.5. The van der Waals surface area contributed by atoms with Crippen molar-refractivity contribution in [1.82, 2.24) is 14.8 Å². The van der Waals surface area contributed by atoms with Crippen LogP contribution in [-0.2, 0) is 11.3 Å². The third kappa shape index (κ3) is 5.17. The van der Waals surface area contributed by atoms with Crippen LogP contribution in [0, 0.1) is 13.8 Å². The lowest BCUT2D eigenvalue weighted by molar-refractivity contribution is -0.134. The van der Waals surface area contributed by atoms with Crippen molar-refractivity contribution in [3.05, 3.63) is 94.5 Å². The predicted octanol–water partition coefficient (Wildman–Crippen LogP) is 4.53. The minimum absolute atomic E-state index is 0.0314. The molecular formula is C31H34N4O3. The number of nitrogens with zero attached hydrogens (tertiary/aromatic N) is 4. The van der Waals surface area contributed by atoms with Crippen molar-refractivity contribution in [2.75, 3.05) is 39.5 Å². The van der Waals surface area contributed by atoms with Crippen LogP contribution in [0.15, 0.2) is 71.8 Å². The van der Waals surface area contributed by atoms with Crippen LogP contribution in [0.3, 0.4) is 0 Å². The number of hydrazone groups is 1. The summed E-state index contributed by atoms with van der Waals surface area (Å²) in [6.45, 7) is 9.39. The molecule has 0 saturated carbocycles. The summed E-state index contributed by atoms with van der Waals surface area (Å²) in [6, 6.07) is 22.8. The van der Waals surface area contributed by atoms with Crippen molar-refractivity contribution in [3.63, 3.8) is 0 Å². The Labute approximate surface area is 224 Å². The molecule has 1 atom stereocenters. The van der Waals surface area contributed by atoms with Gasteiger partial charge < -0.3 is 9.47 Å². The highest BCUT2D eigenvalue weighted by Gasteiger charge is 2.35. The normalized spacial score (nSPS) is 19.6. The Morgan fingerprint density at radius 3 is 2.45 bits per heavy atom. The van der Waals surface area contributed by atoms with Crippen molar-refractivity contribution in [2.24, 2.45) is 5.10 Å². The number of hydrogen-bond acceptors (Lipinski definition) is 6. The maximum Gasteiger partial charge on any atom is 0.257 e. The van der Waals surface area contributed by atoms with Crippen LogP contribution in [-0.4, -0.2) is 65.9 Å². The molecule has 1 saturated heterocycles. The zero-order valence-electron chi connectivity index (χ0n) is 22.1. The number of carbonyl (C=O) groups is 1. The zero-order valence-corrected chi connectivity index (χ0v) is 22.1. The van der Waals surface area contributed by atoms with Crippen LogP contribution in [0.5, 0.6) is 11.5 Å². The molecule has 6 rings (SSSR count). The molecule has 3 aromatic carbocycles. The van der Waals surface area contributed by atoms with Crippen LogP contribution in [0.4, 0.5) is 0 Å². The minimum Gasteiger partial charge on any atom is -0.454 e. The van der Waals surface area contributed by atoms with Gasteiger partial charge in [0, 0.05) is 44.7 Å². The first-order valence-electron chi connectivity index (χ1n) is 13.4. The lowest BCUT2D eigenvalue weighted by Crippen LogP contribution is -2.49. The van der Waals surface area contributed by atoms with Gasteiger partial charge >= 0.3 is 0 Å². The highest BCUT2D eigenvalue weighted by molar-refractivity contribution is 6.04.